The molecule has 360 valence electrons. The molecule has 1 amide bonds. The Balaban J connectivity index is 4.62. The lowest BCUT2D eigenvalue weighted by Crippen LogP contribution is -2.46. The van der Waals surface area contributed by atoms with E-state index in [2.05, 4.69) is 86.8 Å². The Morgan fingerprint density at radius 1 is 0.468 bits per heavy atom. The lowest BCUT2D eigenvalue weighted by Gasteiger charge is -2.24. The standard InChI is InChI=1S/C56H101NO5/c1-4-7-10-13-16-19-22-24-26-28-29-31-33-35-38-41-44-47-52(62-56(61)49-46-43-40-37-21-18-15-12-9-6-3)50-55(60)57-53(51-58)54(59)48-45-42-39-36-34-32-30-27-25-23-20-17-14-11-8-5-2/h12,15-16,19,24,26,29,31,35,38,52-54,58-59H,4-11,13-14,17-18,20-23,25,27-28,30,32-34,36-37,39-51H2,1-3H3,(H,57,60)/b15-12-,19-16-,26-24-,31-29-,38-35-. The summed E-state index contributed by atoms with van der Waals surface area (Å²) in [7, 11) is 0. The Bertz CT molecular complexity index is 1110. The maximum Gasteiger partial charge on any atom is 0.306 e. The van der Waals surface area contributed by atoms with Gasteiger partial charge in [0.2, 0.25) is 5.91 Å². The zero-order valence-corrected chi connectivity index (χ0v) is 41.0. The number of amides is 1. The number of unbranched alkanes of at least 4 members (excludes halogenated alkanes) is 25. The molecule has 0 aromatic carbocycles. The number of hydrogen-bond acceptors (Lipinski definition) is 5. The van der Waals surface area contributed by atoms with Crippen LogP contribution in [0.3, 0.4) is 0 Å². The minimum absolute atomic E-state index is 0.0359. The summed E-state index contributed by atoms with van der Waals surface area (Å²) < 4.78 is 5.89. The van der Waals surface area contributed by atoms with E-state index in [-0.39, 0.29) is 24.9 Å². The van der Waals surface area contributed by atoms with Gasteiger partial charge in [-0.1, -0.05) is 223 Å². The fourth-order valence-electron chi connectivity index (χ4n) is 7.77. The molecule has 0 aliphatic heterocycles. The van der Waals surface area contributed by atoms with Gasteiger partial charge in [0.05, 0.1) is 25.2 Å². The van der Waals surface area contributed by atoms with E-state index in [4.69, 9.17) is 4.74 Å². The van der Waals surface area contributed by atoms with E-state index in [0.29, 0.717) is 19.3 Å². The highest BCUT2D eigenvalue weighted by molar-refractivity contribution is 5.77. The highest BCUT2D eigenvalue weighted by Crippen LogP contribution is 2.17. The molecule has 3 atom stereocenters. The number of hydrogen-bond donors (Lipinski definition) is 3. The second-order valence-electron chi connectivity index (χ2n) is 17.9. The number of nitrogens with one attached hydrogen (secondary N) is 1. The Hall–Kier alpha value is -2.44. The number of allylic oxidation sites excluding steroid dienone is 10. The summed E-state index contributed by atoms with van der Waals surface area (Å²) in [6.07, 6.45) is 61.4. The van der Waals surface area contributed by atoms with Crippen LogP contribution in [0, 0.1) is 0 Å². The molecule has 0 aromatic heterocycles. The van der Waals surface area contributed by atoms with Gasteiger partial charge < -0.3 is 20.3 Å². The molecule has 0 rings (SSSR count). The summed E-state index contributed by atoms with van der Waals surface area (Å²) in [5.74, 6) is -0.538. The topological polar surface area (TPSA) is 95.9 Å². The molecule has 6 nitrogen and oxygen atoms in total. The second-order valence-corrected chi connectivity index (χ2v) is 17.9. The van der Waals surface area contributed by atoms with Crippen molar-refractivity contribution in [2.45, 2.75) is 277 Å². The van der Waals surface area contributed by atoms with Crippen LogP contribution in [0.15, 0.2) is 60.8 Å². The fraction of sp³-hybridized carbons (Fsp3) is 0.786. The molecule has 3 unspecified atom stereocenters. The SMILES string of the molecule is CCC/C=C\CCCCCCCC(=O)OC(CCC/C=C\C/C=C\C/C=C\C/C=C\CCCCC)CC(=O)NC(CO)C(O)CCCCCCCCCCCCCCCCCC. The first-order valence-corrected chi connectivity index (χ1v) is 26.5. The second kappa shape index (κ2) is 49.6. The first-order chi connectivity index (χ1) is 30.5. The Kier molecular flexibility index (Phi) is 47.6. The van der Waals surface area contributed by atoms with E-state index in [0.717, 1.165) is 83.5 Å². The van der Waals surface area contributed by atoms with E-state index < -0.39 is 18.2 Å². The van der Waals surface area contributed by atoms with Crippen LogP contribution >= 0.6 is 0 Å². The number of aliphatic hydroxyl groups is 2. The molecule has 0 aliphatic rings. The summed E-state index contributed by atoms with van der Waals surface area (Å²) in [5.41, 5.74) is 0. The molecule has 6 heteroatoms. The van der Waals surface area contributed by atoms with Crippen molar-refractivity contribution in [2.24, 2.45) is 0 Å². The summed E-state index contributed by atoms with van der Waals surface area (Å²) in [5, 5.41) is 23.8. The summed E-state index contributed by atoms with van der Waals surface area (Å²) >= 11 is 0. The lowest BCUT2D eigenvalue weighted by atomic mass is 10.0. The van der Waals surface area contributed by atoms with Gasteiger partial charge >= 0.3 is 5.97 Å². The van der Waals surface area contributed by atoms with E-state index in [1.165, 1.54) is 128 Å². The Morgan fingerprint density at radius 2 is 0.871 bits per heavy atom. The molecule has 3 N–H and O–H groups in total. The molecular weight excluding hydrogens is 767 g/mol. The molecule has 0 aliphatic carbocycles. The highest BCUT2D eigenvalue weighted by Gasteiger charge is 2.24. The number of aliphatic hydroxyl groups excluding tert-OH is 2. The Morgan fingerprint density at radius 3 is 1.39 bits per heavy atom. The van der Waals surface area contributed by atoms with Gasteiger partial charge in [-0.3, -0.25) is 9.59 Å². The molecular formula is C56H101NO5. The average Bonchev–Trinajstić information content (AvgIpc) is 3.26. The monoisotopic (exact) mass is 868 g/mol. The van der Waals surface area contributed by atoms with Crippen LogP contribution < -0.4 is 5.32 Å². The molecule has 0 bridgehead atoms. The third-order valence-corrected chi connectivity index (χ3v) is 11.8. The van der Waals surface area contributed by atoms with Crippen molar-refractivity contribution in [3.8, 4) is 0 Å². The van der Waals surface area contributed by atoms with Crippen molar-refractivity contribution >= 4 is 11.9 Å². The Labute approximate surface area is 384 Å². The number of carbonyl (C=O) groups is 2. The van der Waals surface area contributed by atoms with Crippen LogP contribution in [-0.4, -0.2) is 46.9 Å². The number of carbonyl (C=O) groups excluding carboxylic acids is 2. The normalized spacial score (nSPS) is 13.7. The number of esters is 1. The molecule has 0 spiro atoms. The zero-order chi connectivity index (χ0) is 45.2. The maximum atomic E-state index is 13.2. The molecule has 0 fully saturated rings. The zero-order valence-electron chi connectivity index (χ0n) is 41.0. The van der Waals surface area contributed by atoms with Gasteiger partial charge in [0.15, 0.2) is 0 Å². The van der Waals surface area contributed by atoms with Crippen LogP contribution in [0.5, 0.6) is 0 Å². The average molecular weight is 868 g/mol. The summed E-state index contributed by atoms with van der Waals surface area (Å²) in [6, 6.07) is -0.721. The van der Waals surface area contributed by atoms with Gasteiger partial charge in [0, 0.05) is 6.42 Å². The van der Waals surface area contributed by atoms with Crippen molar-refractivity contribution < 1.29 is 24.5 Å². The van der Waals surface area contributed by atoms with Crippen LogP contribution in [0.2, 0.25) is 0 Å². The van der Waals surface area contributed by atoms with Crippen molar-refractivity contribution in [3.63, 3.8) is 0 Å². The van der Waals surface area contributed by atoms with E-state index >= 15 is 0 Å². The first kappa shape index (κ1) is 59.6. The largest absolute Gasteiger partial charge is 0.462 e. The van der Waals surface area contributed by atoms with Crippen molar-refractivity contribution in [2.75, 3.05) is 6.61 Å². The minimum Gasteiger partial charge on any atom is -0.462 e. The van der Waals surface area contributed by atoms with Gasteiger partial charge in [-0.15, -0.1) is 0 Å². The molecule has 0 heterocycles. The molecule has 0 aromatic rings. The number of ether oxygens (including phenoxy) is 1. The maximum absolute atomic E-state index is 13.2. The van der Waals surface area contributed by atoms with Crippen LogP contribution in [-0.2, 0) is 14.3 Å². The first-order valence-electron chi connectivity index (χ1n) is 26.5. The van der Waals surface area contributed by atoms with Crippen molar-refractivity contribution in [3.05, 3.63) is 60.8 Å². The van der Waals surface area contributed by atoms with E-state index in [9.17, 15) is 19.8 Å². The smallest absolute Gasteiger partial charge is 0.306 e. The van der Waals surface area contributed by atoms with Crippen LogP contribution in [0.25, 0.3) is 0 Å². The van der Waals surface area contributed by atoms with Crippen molar-refractivity contribution in [1.82, 2.24) is 5.32 Å². The van der Waals surface area contributed by atoms with Gasteiger partial charge in [-0.2, -0.15) is 0 Å². The van der Waals surface area contributed by atoms with Crippen LogP contribution in [0.4, 0.5) is 0 Å². The summed E-state index contributed by atoms with van der Waals surface area (Å²) in [4.78, 5) is 26.1. The predicted molar refractivity (Wildman–Crippen MR) is 268 cm³/mol. The highest BCUT2D eigenvalue weighted by atomic mass is 16.5. The lowest BCUT2D eigenvalue weighted by molar-refractivity contribution is -0.151. The van der Waals surface area contributed by atoms with Crippen LogP contribution in [0.1, 0.15) is 258 Å². The number of rotatable bonds is 47. The van der Waals surface area contributed by atoms with Gasteiger partial charge in [-0.05, 0) is 83.5 Å². The summed E-state index contributed by atoms with van der Waals surface area (Å²) in [6.45, 7) is 6.39. The molecule has 62 heavy (non-hydrogen) atoms. The van der Waals surface area contributed by atoms with Gasteiger partial charge in [-0.25, -0.2) is 0 Å². The minimum atomic E-state index is -0.804. The third kappa shape index (κ3) is 44.2. The third-order valence-electron chi connectivity index (χ3n) is 11.8. The fourth-order valence-corrected chi connectivity index (χ4v) is 7.77. The van der Waals surface area contributed by atoms with Gasteiger partial charge in [0.1, 0.15) is 6.10 Å². The van der Waals surface area contributed by atoms with E-state index in [1.807, 2.05) is 0 Å². The molecule has 0 saturated heterocycles. The van der Waals surface area contributed by atoms with Crippen molar-refractivity contribution in [1.29, 1.82) is 0 Å². The molecule has 0 saturated carbocycles. The van der Waals surface area contributed by atoms with Gasteiger partial charge in [0.25, 0.3) is 0 Å². The predicted octanol–water partition coefficient (Wildman–Crippen LogP) is 16.0. The molecule has 0 radical (unpaired) electrons. The van der Waals surface area contributed by atoms with E-state index in [1.54, 1.807) is 0 Å². The quantitative estimate of drug-likeness (QED) is 0.0322.